The molecule has 0 saturated carbocycles. The number of phenols is 2. The molecule has 0 amide bonds. The Hall–Kier alpha value is -6.71. The molecule has 0 aromatic heterocycles. The van der Waals surface area contributed by atoms with Crippen molar-refractivity contribution in [3.05, 3.63) is 117 Å². The fraction of sp³-hybridized carbons (Fsp3) is 0.146. The number of nitrogens with zero attached hydrogens (tertiary/aromatic N) is 6. The normalized spacial score (nSPS) is 17.5. The molecule has 2 aliphatic heterocycles. The average Bonchev–Trinajstić information content (AvgIpc) is 3.10. The van der Waals surface area contributed by atoms with Crippen LogP contribution in [0.25, 0.3) is 59.1 Å². The first kappa shape index (κ1) is 29.4. The molecule has 0 unspecified atom stereocenters. The van der Waals surface area contributed by atoms with Gasteiger partial charge in [-0.1, -0.05) is 42.5 Å². The highest BCUT2D eigenvalue weighted by Gasteiger charge is 2.39. The van der Waals surface area contributed by atoms with Crippen LogP contribution in [0.15, 0.2) is 89.8 Å². The van der Waals surface area contributed by atoms with Crippen LogP contribution in [0, 0.1) is 17.9 Å². The lowest BCUT2D eigenvalue weighted by Crippen LogP contribution is -2.42. The van der Waals surface area contributed by atoms with Crippen LogP contribution in [0.2, 0.25) is 0 Å². The zero-order valence-corrected chi connectivity index (χ0v) is 27.9. The number of allylic oxidation sites excluding steroid dienone is 3. The minimum absolute atomic E-state index is 0.0264. The van der Waals surface area contributed by atoms with Gasteiger partial charge in [-0.15, -0.1) is 0 Å². The number of aromatic hydroxyl groups is 2. The monoisotopic (exact) mass is 655 g/mol. The second-order valence-electron chi connectivity index (χ2n) is 13.4. The fourth-order valence-corrected chi connectivity index (χ4v) is 8.70. The third-order valence-corrected chi connectivity index (χ3v) is 10.6. The lowest BCUT2D eigenvalue weighted by molar-refractivity contribution is 0.434. The second kappa shape index (κ2) is 10.1. The van der Waals surface area contributed by atoms with E-state index < -0.39 is 0 Å². The Bertz CT molecular complexity index is 2880. The van der Waals surface area contributed by atoms with E-state index in [-0.39, 0.29) is 28.5 Å². The van der Waals surface area contributed by atoms with Gasteiger partial charge in [-0.2, -0.15) is 0 Å². The van der Waals surface area contributed by atoms with E-state index in [4.69, 9.17) is 6.57 Å². The van der Waals surface area contributed by atoms with E-state index in [0.29, 0.717) is 46.0 Å². The molecule has 9 heteroatoms. The molecule has 6 aromatic rings. The van der Waals surface area contributed by atoms with Crippen molar-refractivity contribution in [3.8, 4) is 17.6 Å². The van der Waals surface area contributed by atoms with E-state index in [9.17, 15) is 20.6 Å². The third kappa shape index (κ3) is 3.56. The highest BCUT2D eigenvalue weighted by molar-refractivity contribution is 6.29. The highest BCUT2D eigenvalue weighted by Crippen LogP contribution is 2.56. The molecule has 0 bridgehead atoms. The van der Waals surface area contributed by atoms with Gasteiger partial charge >= 0.3 is 0 Å². The van der Waals surface area contributed by atoms with Crippen molar-refractivity contribution in [2.45, 2.75) is 0 Å². The summed E-state index contributed by atoms with van der Waals surface area (Å²) >= 11 is 0. The summed E-state index contributed by atoms with van der Waals surface area (Å²) in [5.74, 6) is -0.0564. The summed E-state index contributed by atoms with van der Waals surface area (Å²) in [4.78, 5) is 10.1. The van der Waals surface area contributed by atoms with E-state index in [1.807, 2.05) is 64.6 Å². The lowest BCUT2D eigenvalue weighted by atomic mass is 9.73. The Morgan fingerprint density at radius 1 is 0.740 bits per heavy atom. The highest BCUT2D eigenvalue weighted by atomic mass is 16.3. The molecule has 9 rings (SSSR count). The maximum atomic E-state index is 12.5. The SMILES string of the molecule is [C-]#[N+]C(C#N)=C1C(c2c3cccc4c3c(c3cccc(O)c23)N(C)CN4C)=C(O)/C1=c1\c2cccc3c2c(c2cccc(O)c12)=[N+](C)CN3C. The maximum Gasteiger partial charge on any atom is 0.270 e. The smallest absolute Gasteiger partial charge is 0.270 e. The van der Waals surface area contributed by atoms with Crippen molar-refractivity contribution >= 4 is 71.3 Å². The van der Waals surface area contributed by atoms with Crippen molar-refractivity contribution in [1.82, 2.24) is 4.58 Å². The van der Waals surface area contributed by atoms with Gasteiger partial charge in [0.15, 0.2) is 0 Å². The van der Waals surface area contributed by atoms with Crippen LogP contribution in [-0.4, -0.2) is 56.8 Å². The van der Waals surface area contributed by atoms with Crippen molar-refractivity contribution in [2.75, 3.05) is 56.2 Å². The Morgan fingerprint density at radius 2 is 1.36 bits per heavy atom. The molecule has 242 valence electrons. The van der Waals surface area contributed by atoms with Crippen molar-refractivity contribution < 1.29 is 15.3 Å². The number of aliphatic hydroxyl groups is 1. The first-order valence-corrected chi connectivity index (χ1v) is 16.3. The Morgan fingerprint density at radius 3 is 2.06 bits per heavy atom. The predicted octanol–water partition coefficient (Wildman–Crippen LogP) is 5.91. The van der Waals surface area contributed by atoms with E-state index in [2.05, 4.69) is 42.3 Å². The molecule has 2 heterocycles. The van der Waals surface area contributed by atoms with Gasteiger partial charge in [-0.3, -0.25) is 0 Å². The van der Waals surface area contributed by atoms with Crippen LogP contribution in [0.5, 0.6) is 11.5 Å². The molecule has 0 radical (unpaired) electrons. The van der Waals surface area contributed by atoms with Crippen LogP contribution in [0.4, 0.5) is 17.1 Å². The van der Waals surface area contributed by atoms with Crippen LogP contribution in [0.1, 0.15) is 5.56 Å². The van der Waals surface area contributed by atoms with Gasteiger partial charge in [0.2, 0.25) is 12.0 Å². The second-order valence-corrected chi connectivity index (χ2v) is 13.4. The molecule has 0 saturated heterocycles. The van der Waals surface area contributed by atoms with E-state index >= 15 is 0 Å². The topological polar surface area (TPSA) is 102 Å². The third-order valence-electron chi connectivity index (χ3n) is 10.6. The number of phenolic OH excluding ortho intramolecular Hbond substituents is 2. The molecule has 0 atom stereocenters. The molecular weight excluding hydrogens is 624 g/mol. The van der Waals surface area contributed by atoms with Crippen molar-refractivity contribution in [1.29, 1.82) is 5.26 Å². The van der Waals surface area contributed by atoms with Crippen LogP contribution < -0.4 is 29.9 Å². The number of fused-ring (bicyclic) bond motifs is 4. The summed E-state index contributed by atoms with van der Waals surface area (Å²) in [6, 6.07) is 24.8. The molecule has 50 heavy (non-hydrogen) atoms. The van der Waals surface area contributed by atoms with Gasteiger partial charge in [0.05, 0.1) is 41.5 Å². The number of anilines is 3. The summed E-state index contributed by atoms with van der Waals surface area (Å²) in [7, 11) is 8.07. The Kier molecular flexibility index (Phi) is 5.97. The first-order valence-electron chi connectivity index (χ1n) is 16.3. The quantitative estimate of drug-likeness (QED) is 0.0876. The van der Waals surface area contributed by atoms with E-state index in [0.717, 1.165) is 54.7 Å². The molecule has 1 aliphatic carbocycles. The molecule has 0 fully saturated rings. The first-order chi connectivity index (χ1) is 24.2. The molecular formula is C41H31N6O3+. The summed E-state index contributed by atoms with van der Waals surface area (Å²) in [6.07, 6.45) is 0. The van der Waals surface area contributed by atoms with Crippen molar-refractivity contribution in [3.63, 3.8) is 0 Å². The minimum atomic E-state index is -0.190. The van der Waals surface area contributed by atoms with E-state index in [1.54, 1.807) is 24.3 Å². The summed E-state index contributed by atoms with van der Waals surface area (Å²) in [5, 5.41) is 53.7. The van der Waals surface area contributed by atoms with Gasteiger partial charge in [-0.25, -0.2) is 14.7 Å². The van der Waals surface area contributed by atoms with Gasteiger partial charge in [0.25, 0.3) is 5.70 Å². The molecule has 6 aromatic carbocycles. The minimum Gasteiger partial charge on any atom is -0.507 e. The Balaban J connectivity index is 1.57. The maximum absolute atomic E-state index is 12.5. The molecule has 3 N–H and O–H groups in total. The molecule has 9 nitrogen and oxygen atoms in total. The zero-order chi connectivity index (χ0) is 34.7. The number of nitriles is 1. The van der Waals surface area contributed by atoms with Crippen LogP contribution in [-0.2, 0) is 0 Å². The van der Waals surface area contributed by atoms with E-state index in [1.165, 1.54) is 0 Å². The number of aliphatic hydroxyl groups excluding tert-OH is 1. The Labute approximate surface area is 287 Å². The average molecular weight is 656 g/mol. The van der Waals surface area contributed by atoms with Crippen LogP contribution >= 0.6 is 0 Å². The summed E-state index contributed by atoms with van der Waals surface area (Å²) in [5.41, 5.74) is 4.22. The summed E-state index contributed by atoms with van der Waals surface area (Å²) < 4.78 is 2.14. The molecule has 3 aliphatic rings. The number of hydrogen-bond acceptors (Lipinski definition) is 7. The van der Waals surface area contributed by atoms with Crippen molar-refractivity contribution in [2.24, 2.45) is 0 Å². The van der Waals surface area contributed by atoms with Gasteiger partial charge in [0.1, 0.15) is 24.3 Å². The van der Waals surface area contributed by atoms with Gasteiger partial charge in [0, 0.05) is 75.9 Å². The van der Waals surface area contributed by atoms with Gasteiger partial charge < -0.3 is 30.0 Å². The predicted molar refractivity (Wildman–Crippen MR) is 200 cm³/mol. The molecule has 0 spiro atoms. The largest absolute Gasteiger partial charge is 0.507 e. The zero-order valence-electron chi connectivity index (χ0n) is 27.9. The van der Waals surface area contributed by atoms with Crippen LogP contribution in [0.3, 0.4) is 0 Å². The number of hydrogen-bond donors (Lipinski definition) is 3. The number of benzene rings is 6. The lowest BCUT2D eigenvalue weighted by Gasteiger charge is -2.38. The fourth-order valence-electron chi connectivity index (χ4n) is 8.70. The standard InChI is InChI=1S/C41H30N6O3/c1-43-25(18-42)36-37(34-21-10-6-14-26-30(21)39(46(4)19-44(26)2)23-12-8-16-28(48)32(23)34)41(50)38(36)35-22-11-7-15-27-31(22)40(47(5)20-45(27)3)24-13-9-17-29(49)33(24)35/h6-17H,19-20H2,2-5H3,(H2-,48,49,50)/p+1. The summed E-state index contributed by atoms with van der Waals surface area (Å²) in [6.45, 7) is 9.43. The number of rotatable bonds is 1. The van der Waals surface area contributed by atoms with Gasteiger partial charge in [-0.05, 0) is 41.1 Å².